The van der Waals surface area contributed by atoms with Crippen molar-refractivity contribution in [3.8, 4) is 5.75 Å². The minimum absolute atomic E-state index is 0.311. The maximum Gasteiger partial charge on any atom is 0.122 e. The van der Waals surface area contributed by atoms with Gasteiger partial charge < -0.3 is 15.2 Å². The molecule has 0 radical (unpaired) electrons. The van der Waals surface area contributed by atoms with E-state index in [9.17, 15) is 5.11 Å². The lowest BCUT2D eigenvalue weighted by Gasteiger charge is -2.14. The van der Waals surface area contributed by atoms with Gasteiger partial charge in [-0.2, -0.15) is 0 Å². The van der Waals surface area contributed by atoms with Crippen LogP contribution in [0.4, 0.5) is 0 Å². The highest BCUT2D eigenvalue weighted by atomic mass is 16.5. The highest BCUT2D eigenvalue weighted by molar-refractivity contribution is 5.35. The minimum Gasteiger partial charge on any atom is -0.491 e. The zero-order chi connectivity index (χ0) is 13.4. The number of aliphatic hydroxyl groups excluding tert-OH is 1. The van der Waals surface area contributed by atoms with Crippen molar-refractivity contribution >= 4 is 0 Å². The lowest BCUT2D eigenvalue weighted by atomic mass is 10.1. The molecule has 0 aliphatic rings. The van der Waals surface area contributed by atoms with Crippen LogP contribution in [-0.4, -0.2) is 30.9 Å². The number of benzene rings is 1. The second-order valence-corrected chi connectivity index (χ2v) is 4.52. The van der Waals surface area contributed by atoms with Gasteiger partial charge in [-0.15, -0.1) is 6.58 Å². The number of aryl methyl sites for hydroxylation is 2. The quantitative estimate of drug-likeness (QED) is 0.548. The number of rotatable bonds is 8. The Labute approximate surface area is 109 Å². The molecule has 0 saturated carbocycles. The Morgan fingerprint density at radius 1 is 1.44 bits per heavy atom. The van der Waals surface area contributed by atoms with Crippen LogP contribution in [0.1, 0.15) is 17.5 Å². The van der Waals surface area contributed by atoms with Gasteiger partial charge in [0.25, 0.3) is 0 Å². The molecule has 18 heavy (non-hydrogen) atoms. The van der Waals surface area contributed by atoms with Crippen molar-refractivity contribution in [2.45, 2.75) is 26.4 Å². The molecule has 1 atom stereocenters. The fourth-order valence-electron chi connectivity index (χ4n) is 1.58. The van der Waals surface area contributed by atoms with Crippen LogP contribution in [0.5, 0.6) is 5.75 Å². The highest BCUT2D eigenvalue weighted by Crippen LogP contribution is 2.19. The second kappa shape index (κ2) is 7.90. The summed E-state index contributed by atoms with van der Waals surface area (Å²) in [5.41, 5.74) is 2.25. The highest BCUT2D eigenvalue weighted by Gasteiger charge is 2.06. The molecular formula is C15H23NO2. The van der Waals surface area contributed by atoms with E-state index >= 15 is 0 Å². The summed E-state index contributed by atoms with van der Waals surface area (Å²) >= 11 is 0. The van der Waals surface area contributed by atoms with Gasteiger partial charge in [0.05, 0.1) is 0 Å². The molecule has 2 N–H and O–H groups in total. The number of hydrogen-bond acceptors (Lipinski definition) is 3. The average Bonchev–Trinajstić information content (AvgIpc) is 2.36. The van der Waals surface area contributed by atoms with E-state index in [2.05, 4.69) is 18.0 Å². The fourth-order valence-corrected chi connectivity index (χ4v) is 1.58. The number of aliphatic hydroxyl groups is 1. The Balaban J connectivity index is 2.31. The van der Waals surface area contributed by atoms with Crippen LogP contribution < -0.4 is 10.1 Å². The van der Waals surface area contributed by atoms with E-state index in [4.69, 9.17) is 4.74 Å². The molecule has 3 heteroatoms. The topological polar surface area (TPSA) is 41.5 Å². The van der Waals surface area contributed by atoms with E-state index in [1.54, 1.807) is 0 Å². The third kappa shape index (κ3) is 5.34. The van der Waals surface area contributed by atoms with Gasteiger partial charge in [0.15, 0.2) is 0 Å². The van der Waals surface area contributed by atoms with E-state index in [-0.39, 0.29) is 0 Å². The molecule has 1 aromatic rings. The lowest BCUT2D eigenvalue weighted by molar-refractivity contribution is 0.106. The van der Waals surface area contributed by atoms with Crippen molar-refractivity contribution in [1.29, 1.82) is 0 Å². The van der Waals surface area contributed by atoms with Crippen LogP contribution >= 0.6 is 0 Å². The molecule has 3 nitrogen and oxygen atoms in total. The maximum absolute atomic E-state index is 9.76. The Kier molecular flexibility index (Phi) is 6.47. The van der Waals surface area contributed by atoms with Crippen LogP contribution in [0.2, 0.25) is 0 Å². The van der Waals surface area contributed by atoms with Crippen molar-refractivity contribution in [3.05, 3.63) is 42.0 Å². The molecule has 1 rings (SSSR count). The molecule has 0 fully saturated rings. The van der Waals surface area contributed by atoms with Crippen molar-refractivity contribution in [2.24, 2.45) is 0 Å². The molecule has 0 aromatic heterocycles. The second-order valence-electron chi connectivity index (χ2n) is 4.52. The molecule has 100 valence electrons. The number of ether oxygens (including phenoxy) is 1. The average molecular weight is 249 g/mol. The fraction of sp³-hybridized carbons (Fsp3) is 0.467. The summed E-state index contributed by atoms with van der Waals surface area (Å²) in [6.07, 6.45) is 2.27. The van der Waals surface area contributed by atoms with Gasteiger partial charge >= 0.3 is 0 Å². The Morgan fingerprint density at radius 3 is 2.94 bits per heavy atom. The normalized spacial score (nSPS) is 12.2. The van der Waals surface area contributed by atoms with Crippen molar-refractivity contribution in [1.82, 2.24) is 5.32 Å². The Hall–Kier alpha value is -1.32. The SMILES string of the molecule is C=CCCNCC(O)COc1cc(C)ccc1C. The Bertz CT molecular complexity index is 377. The van der Waals surface area contributed by atoms with Crippen molar-refractivity contribution in [2.75, 3.05) is 19.7 Å². The summed E-state index contributed by atoms with van der Waals surface area (Å²) in [5.74, 6) is 0.847. The smallest absolute Gasteiger partial charge is 0.122 e. The molecule has 0 aliphatic heterocycles. The first-order valence-electron chi connectivity index (χ1n) is 6.33. The van der Waals surface area contributed by atoms with Gasteiger partial charge in [-0.3, -0.25) is 0 Å². The zero-order valence-electron chi connectivity index (χ0n) is 11.3. The summed E-state index contributed by atoms with van der Waals surface area (Å²) < 4.78 is 5.63. The predicted molar refractivity (Wildman–Crippen MR) is 75.1 cm³/mol. The summed E-state index contributed by atoms with van der Waals surface area (Å²) in [6.45, 7) is 9.36. The van der Waals surface area contributed by atoms with E-state index in [0.29, 0.717) is 13.2 Å². The predicted octanol–water partition coefficient (Wildman–Crippen LogP) is 2.21. The van der Waals surface area contributed by atoms with Crippen LogP contribution in [0.15, 0.2) is 30.9 Å². The summed E-state index contributed by atoms with van der Waals surface area (Å²) in [7, 11) is 0. The number of hydrogen-bond donors (Lipinski definition) is 2. The van der Waals surface area contributed by atoms with E-state index in [1.165, 1.54) is 0 Å². The van der Waals surface area contributed by atoms with Crippen LogP contribution in [-0.2, 0) is 0 Å². The van der Waals surface area contributed by atoms with Crippen molar-refractivity contribution < 1.29 is 9.84 Å². The van der Waals surface area contributed by atoms with E-state index in [0.717, 1.165) is 29.8 Å². The van der Waals surface area contributed by atoms with Gasteiger partial charge in [0.1, 0.15) is 18.5 Å². The third-order valence-corrected chi connectivity index (χ3v) is 2.68. The standard InChI is InChI=1S/C15H23NO2/c1-4-5-8-16-10-14(17)11-18-15-9-12(2)6-7-13(15)3/h4,6-7,9,14,16-17H,1,5,8,10-11H2,2-3H3. The van der Waals surface area contributed by atoms with Crippen LogP contribution in [0.3, 0.4) is 0 Å². The lowest BCUT2D eigenvalue weighted by Crippen LogP contribution is -2.31. The molecule has 0 saturated heterocycles. The summed E-state index contributed by atoms with van der Waals surface area (Å²) in [4.78, 5) is 0. The van der Waals surface area contributed by atoms with Gasteiger partial charge in [0, 0.05) is 6.54 Å². The largest absolute Gasteiger partial charge is 0.491 e. The van der Waals surface area contributed by atoms with E-state index < -0.39 is 6.10 Å². The van der Waals surface area contributed by atoms with Crippen molar-refractivity contribution in [3.63, 3.8) is 0 Å². The van der Waals surface area contributed by atoms with Crippen LogP contribution in [0.25, 0.3) is 0 Å². The summed E-state index contributed by atoms with van der Waals surface area (Å²) in [5, 5.41) is 12.9. The maximum atomic E-state index is 9.76. The van der Waals surface area contributed by atoms with Gasteiger partial charge in [-0.05, 0) is 44.0 Å². The molecule has 0 heterocycles. The first kappa shape index (κ1) is 14.7. The minimum atomic E-state index is -0.491. The zero-order valence-corrected chi connectivity index (χ0v) is 11.3. The number of nitrogens with one attached hydrogen (secondary N) is 1. The first-order chi connectivity index (χ1) is 8.63. The molecular weight excluding hydrogens is 226 g/mol. The molecule has 0 bridgehead atoms. The van der Waals surface area contributed by atoms with Gasteiger partial charge in [0.2, 0.25) is 0 Å². The monoisotopic (exact) mass is 249 g/mol. The third-order valence-electron chi connectivity index (χ3n) is 2.68. The molecule has 1 aromatic carbocycles. The molecule has 0 aliphatic carbocycles. The van der Waals surface area contributed by atoms with E-state index in [1.807, 2.05) is 32.1 Å². The first-order valence-corrected chi connectivity index (χ1v) is 6.33. The van der Waals surface area contributed by atoms with Crippen LogP contribution in [0, 0.1) is 13.8 Å². The molecule has 1 unspecified atom stereocenters. The molecule has 0 amide bonds. The molecule has 0 spiro atoms. The summed E-state index contributed by atoms with van der Waals surface area (Å²) in [6, 6.07) is 6.07. The van der Waals surface area contributed by atoms with Gasteiger partial charge in [-0.25, -0.2) is 0 Å². The Morgan fingerprint density at radius 2 is 2.22 bits per heavy atom. The van der Waals surface area contributed by atoms with Gasteiger partial charge in [-0.1, -0.05) is 18.2 Å².